The highest BCUT2D eigenvalue weighted by Gasteiger charge is 2.15. The summed E-state index contributed by atoms with van der Waals surface area (Å²) in [4.78, 5) is 11.2. The number of ether oxygens (including phenoxy) is 2. The summed E-state index contributed by atoms with van der Waals surface area (Å²) in [6.45, 7) is 0. The zero-order valence-electron chi connectivity index (χ0n) is 11.6. The first-order valence-electron chi connectivity index (χ1n) is 6.45. The second kappa shape index (κ2) is 6.85. The van der Waals surface area contributed by atoms with Gasteiger partial charge in [0.1, 0.15) is 5.75 Å². The molecule has 5 heteroatoms. The molecule has 110 valence electrons. The lowest BCUT2D eigenvalue weighted by molar-refractivity contribution is -0.141. The predicted octanol–water partition coefficient (Wildman–Crippen LogP) is 3.18. The zero-order valence-corrected chi connectivity index (χ0v) is 11.6. The Hall–Kier alpha value is -2.40. The van der Waals surface area contributed by atoms with Crippen molar-refractivity contribution in [2.75, 3.05) is 7.11 Å². The summed E-state index contributed by atoms with van der Waals surface area (Å²) in [6, 6.07) is 12.6. The maximum Gasteiger partial charge on any atom is 0.307 e. The molecular weight excluding hydrogens is 273 g/mol. The molecule has 0 aromatic heterocycles. The molecule has 0 bridgehead atoms. The fourth-order valence-corrected chi connectivity index (χ4v) is 1.83. The van der Waals surface area contributed by atoms with Gasteiger partial charge in [-0.1, -0.05) is 24.3 Å². The molecule has 2 rings (SSSR count). The van der Waals surface area contributed by atoms with Crippen LogP contribution in [-0.2, 0) is 9.53 Å². The smallest absolute Gasteiger partial charge is 0.307 e. The van der Waals surface area contributed by atoms with E-state index in [0.717, 1.165) is 0 Å². The van der Waals surface area contributed by atoms with Crippen molar-refractivity contribution in [3.8, 4) is 11.5 Å². The van der Waals surface area contributed by atoms with Gasteiger partial charge in [0.15, 0.2) is 11.6 Å². The lowest BCUT2D eigenvalue weighted by Gasteiger charge is -2.13. The van der Waals surface area contributed by atoms with Gasteiger partial charge in [-0.15, -0.1) is 0 Å². The molecule has 0 radical (unpaired) electrons. The van der Waals surface area contributed by atoms with Crippen LogP contribution in [0.3, 0.4) is 0 Å². The van der Waals surface area contributed by atoms with Crippen molar-refractivity contribution in [1.29, 1.82) is 0 Å². The molecule has 1 atom stereocenters. The average Bonchev–Trinajstić information content (AvgIpc) is 2.50. The van der Waals surface area contributed by atoms with E-state index in [1.165, 1.54) is 25.3 Å². The Morgan fingerprint density at radius 3 is 2.62 bits per heavy atom. The van der Waals surface area contributed by atoms with Crippen molar-refractivity contribution in [2.24, 2.45) is 5.73 Å². The summed E-state index contributed by atoms with van der Waals surface area (Å²) < 4.78 is 23.8. The number of esters is 1. The predicted molar refractivity (Wildman–Crippen MR) is 76.5 cm³/mol. The van der Waals surface area contributed by atoms with Crippen molar-refractivity contribution in [3.05, 3.63) is 59.9 Å². The molecule has 0 saturated heterocycles. The summed E-state index contributed by atoms with van der Waals surface area (Å²) in [6.07, 6.45) is 0.0207. The van der Waals surface area contributed by atoms with E-state index in [9.17, 15) is 9.18 Å². The lowest BCUT2D eigenvalue weighted by Crippen LogP contribution is -2.16. The van der Waals surface area contributed by atoms with E-state index in [1.54, 1.807) is 24.3 Å². The van der Waals surface area contributed by atoms with Gasteiger partial charge in [-0.25, -0.2) is 4.39 Å². The van der Waals surface area contributed by atoms with Crippen LogP contribution < -0.4 is 10.5 Å². The number of rotatable bonds is 5. The van der Waals surface area contributed by atoms with Crippen molar-refractivity contribution in [3.63, 3.8) is 0 Å². The quantitative estimate of drug-likeness (QED) is 0.859. The molecule has 0 aliphatic heterocycles. The molecule has 0 aliphatic carbocycles. The highest BCUT2D eigenvalue weighted by molar-refractivity contribution is 5.70. The fraction of sp³-hybridized carbons (Fsp3) is 0.188. The third kappa shape index (κ3) is 4.03. The van der Waals surface area contributed by atoms with Crippen LogP contribution in [0.1, 0.15) is 18.0 Å². The molecule has 2 N–H and O–H groups in total. The van der Waals surface area contributed by atoms with Crippen LogP contribution in [0, 0.1) is 5.82 Å². The van der Waals surface area contributed by atoms with Crippen LogP contribution in [0.15, 0.2) is 48.5 Å². The standard InChI is InChI=1S/C16H16FNO3/c1-20-16(19)10-14(18)11-7-8-13(17)15(9-11)21-12-5-3-2-4-6-12/h2-9,14H,10,18H2,1H3. The Labute approximate surface area is 122 Å². The van der Waals surface area contributed by atoms with Crippen LogP contribution in [0.5, 0.6) is 11.5 Å². The topological polar surface area (TPSA) is 61.5 Å². The van der Waals surface area contributed by atoms with Gasteiger partial charge in [-0.3, -0.25) is 4.79 Å². The number of nitrogens with two attached hydrogens (primary N) is 1. The Morgan fingerprint density at radius 1 is 1.24 bits per heavy atom. The third-order valence-electron chi connectivity index (χ3n) is 2.97. The second-order valence-electron chi connectivity index (χ2n) is 4.49. The van der Waals surface area contributed by atoms with Gasteiger partial charge in [-0.2, -0.15) is 0 Å². The van der Waals surface area contributed by atoms with E-state index in [-0.39, 0.29) is 12.2 Å². The van der Waals surface area contributed by atoms with Crippen LogP contribution >= 0.6 is 0 Å². The molecule has 2 aromatic carbocycles. The van der Waals surface area contributed by atoms with E-state index in [1.807, 2.05) is 6.07 Å². The molecule has 0 saturated carbocycles. The van der Waals surface area contributed by atoms with Gasteiger partial charge in [0.05, 0.1) is 13.5 Å². The van der Waals surface area contributed by atoms with Gasteiger partial charge in [0.2, 0.25) is 0 Å². The number of hydrogen-bond donors (Lipinski definition) is 1. The number of benzene rings is 2. The minimum absolute atomic E-state index is 0.0207. The molecule has 1 unspecified atom stereocenters. The van der Waals surface area contributed by atoms with Gasteiger partial charge < -0.3 is 15.2 Å². The second-order valence-corrected chi connectivity index (χ2v) is 4.49. The van der Waals surface area contributed by atoms with Crippen LogP contribution in [0.4, 0.5) is 4.39 Å². The Balaban J connectivity index is 2.19. The summed E-state index contributed by atoms with van der Waals surface area (Å²) in [5, 5.41) is 0. The van der Waals surface area contributed by atoms with Crippen molar-refractivity contribution >= 4 is 5.97 Å². The highest BCUT2D eigenvalue weighted by Crippen LogP contribution is 2.27. The molecule has 2 aromatic rings. The van der Waals surface area contributed by atoms with Gasteiger partial charge in [0, 0.05) is 6.04 Å². The minimum Gasteiger partial charge on any atom is -0.469 e. The molecule has 21 heavy (non-hydrogen) atoms. The van der Waals surface area contributed by atoms with E-state index in [0.29, 0.717) is 11.3 Å². The van der Waals surface area contributed by atoms with Crippen molar-refractivity contribution in [1.82, 2.24) is 0 Å². The number of carbonyl (C=O) groups is 1. The maximum absolute atomic E-state index is 13.8. The molecular formula is C16H16FNO3. The van der Waals surface area contributed by atoms with Gasteiger partial charge in [0.25, 0.3) is 0 Å². The van der Waals surface area contributed by atoms with E-state index < -0.39 is 17.8 Å². The first kappa shape index (κ1) is 15.0. The maximum atomic E-state index is 13.8. The molecule has 0 fully saturated rings. The van der Waals surface area contributed by atoms with Gasteiger partial charge in [-0.05, 0) is 29.8 Å². The average molecular weight is 289 g/mol. The summed E-state index contributed by atoms with van der Waals surface area (Å²) in [7, 11) is 1.30. The third-order valence-corrected chi connectivity index (χ3v) is 2.97. The number of methoxy groups -OCH3 is 1. The van der Waals surface area contributed by atoms with E-state index in [2.05, 4.69) is 4.74 Å². The normalized spacial score (nSPS) is 11.8. The minimum atomic E-state index is -0.573. The lowest BCUT2D eigenvalue weighted by atomic mass is 10.0. The Kier molecular flexibility index (Phi) is 4.90. The first-order chi connectivity index (χ1) is 10.1. The number of hydrogen-bond acceptors (Lipinski definition) is 4. The molecule has 0 spiro atoms. The summed E-state index contributed by atoms with van der Waals surface area (Å²) in [5.74, 6) is -0.320. The van der Waals surface area contributed by atoms with Crippen molar-refractivity contribution in [2.45, 2.75) is 12.5 Å². The molecule has 0 aliphatic rings. The Morgan fingerprint density at radius 2 is 1.95 bits per heavy atom. The van der Waals surface area contributed by atoms with Crippen LogP contribution in [0.2, 0.25) is 0 Å². The van der Waals surface area contributed by atoms with Crippen molar-refractivity contribution < 1.29 is 18.7 Å². The zero-order chi connectivity index (χ0) is 15.2. The van der Waals surface area contributed by atoms with E-state index >= 15 is 0 Å². The van der Waals surface area contributed by atoms with Crippen LogP contribution in [-0.4, -0.2) is 13.1 Å². The SMILES string of the molecule is COC(=O)CC(N)c1ccc(F)c(Oc2ccccc2)c1. The summed E-state index contributed by atoms with van der Waals surface area (Å²) >= 11 is 0. The molecule has 0 amide bonds. The van der Waals surface area contributed by atoms with E-state index in [4.69, 9.17) is 10.5 Å². The number of para-hydroxylation sites is 1. The first-order valence-corrected chi connectivity index (χ1v) is 6.45. The number of carbonyl (C=O) groups excluding carboxylic acids is 1. The monoisotopic (exact) mass is 289 g/mol. The molecule has 0 heterocycles. The molecule has 4 nitrogen and oxygen atoms in total. The van der Waals surface area contributed by atoms with Gasteiger partial charge >= 0.3 is 5.97 Å². The largest absolute Gasteiger partial charge is 0.469 e. The fourth-order valence-electron chi connectivity index (χ4n) is 1.83. The number of halogens is 1. The highest BCUT2D eigenvalue weighted by atomic mass is 19.1. The van der Waals surface area contributed by atoms with Crippen LogP contribution in [0.25, 0.3) is 0 Å². The summed E-state index contributed by atoms with van der Waals surface area (Å²) in [5.41, 5.74) is 6.51. The Bertz CT molecular complexity index is 616.